The van der Waals surface area contributed by atoms with Crippen molar-refractivity contribution in [2.75, 3.05) is 7.11 Å². The summed E-state index contributed by atoms with van der Waals surface area (Å²) in [6, 6.07) is 4.53. The van der Waals surface area contributed by atoms with Gasteiger partial charge in [0.25, 0.3) is 9.05 Å². The van der Waals surface area contributed by atoms with Crippen LogP contribution in [-0.4, -0.2) is 21.5 Å². The van der Waals surface area contributed by atoms with Crippen LogP contribution in [0, 0.1) is 6.92 Å². The van der Waals surface area contributed by atoms with E-state index >= 15 is 0 Å². The summed E-state index contributed by atoms with van der Waals surface area (Å²) in [6.45, 7) is 1.73. The molecule has 0 aliphatic rings. The number of rotatable bonds is 3. The van der Waals surface area contributed by atoms with Crippen molar-refractivity contribution in [3.05, 3.63) is 29.3 Å². The summed E-state index contributed by atoms with van der Waals surface area (Å²) in [7, 11) is 2.73. The van der Waals surface area contributed by atoms with E-state index in [1.165, 1.54) is 19.2 Å². The van der Waals surface area contributed by atoms with E-state index in [0.29, 0.717) is 5.56 Å². The van der Waals surface area contributed by atoms with Gasteiger partial charge >= 0.3 is 5.97 Å². The van der Waals surface area contributed by atoms with Crippen molar-refractivity contribution in [1.82, 2.24) is 0 Å². The van der Waals surface area contributed by atoms with Gasteiger partial charge in [0.05, 0.1) is 18.4 Å². The largest absolute Gasteiger partial charge is 0.469 e. The van der Waals surface area contributed by atoms with Crippen LogP contribution >= 0.6 is 10.7 Å². The molecule has 0 aliphatic heterocycles. The highest BCUT2D eigenvalue weighted by Gasteiger charge is 2.13. The quantitative estimate of drug-likeness (QED) is 0.614. The summed E-state index contributed by atoms with van der Waals surface area (Å²) in [6.07, 6.45) is 0.0254. The summed E-state index contributed by atoms with van der Waals surface area (Å²) < 4.78 is 26.8. The van der Waals surface area contributed by atoms with Gasteiger partial charge in [-0.05, 0) is 30.2 Å². The first-order valence-corrected chi connectivity index (χ1v) is 6.76. The molecule has 4 nitrogen and oxygen atoms in total. The van der Waals surface area contributed by atoms with Crippen LogP contribution in [0.25, 0.3) is 0 Å². The second-order valence-corrected chi connectivity index (χ2v) is 5.91. The van der Waals surface area contributed by atoms with E-state index in [9.17, 15) is 13.2 Å². The maximum Gasteiger partial charge on any atom is 0.309 e. The maximum atomic E-state index is 11.1. The zero-order valence-corrected chi connectivity index (χ0v) is 10.4. The fraction of sp³-hybridized carbons (Fsp3) is 0.300. The first kappa shape index (κ1) is 13.0. The van der Waals surface area contributed by atoms with Gasteiger partial charge in [-0.25, -0.2) is 8.42 Å². The van der Waals surface area contributed by atoms with E-state index in [0.717, 1.165) is 5.56 Å². The lowest BCUT2D eigenvalue weighted by molar-refractivity contribution is -0.139. The van der Waals surface area contributed by atoms with E-state index in [1.54, 1.807) is 13.0 Å². The van der Waals surface area contributed by atoms with E-state index < -0.39 is 15.0 Å². The molecule has 0 aliphatic carbocycles. The molecule has 0 spiro atoms. The number of esters is 1. The standard InChI is InChI=1S/C10H11ClO4S/c1-7-3-8(6-10(12)15-2)5-9(4-7)16(11,13)14/h3-5H,6H2,1-2H3. The molecular weight excluding hydrogens is 252 g/mol. The molecule has 0 unspecified atom stereocenters. The highest BCUT2D eigenvalue weighted by molar-refractivity contribution is 8.13. The molecule has 1 aromatic carbocycles. The van der Waals surface area contributed by atoms with Crippen LogP contribution in [0.3, 0.4) is 0 Å². The van der Waals surface area contributed by atoms with Crippen LogP contribution in [0.1, 0.15) is 11.1 Å². The van der Waals surface area contributed by atoms with Crippen molar-refractivity contribution in [3.63, 3.8) is 0 Å². The second-order valence-electron chi connectivity index (χ2n) is 3.35. The molecule has 1 aromatic rings. The van der Waals surface area contributed by atoms with Crippen LogP contribution in [-0.2, 0) is 25.0 Å². The first-order valence-electron chi connectivity index (χ1n) is 4.45. The molecule has 0 amide bonds. The van der Waals surface area contributed by atoms with Crippen LogP contribution in [0.4, 0.5) is 0 Å². The third kappa shape index (κ3) is 3.50. The monoisotopic (exact) mass is 262 g/mol. The summed E-state index contributed by atoms with van der Waals surface area (Å²) in [5, 5.41) is 0. The average Bonchev–Trinajstić information content (AvgIpc) is 2.15. The topological polar surface area (TPSA) is 60.4 Å². The smallest absolute Gasteiger partial charge is 0.309 e. The molecule has 0 radical (unpaired) electrons. The number of methoxy groups -OCH3 is 1. The number of aryl methyl sites for hydroxylation is 1. The summed E-state index contributed by atoms with van der Waals surface area (Å²) in [5.74, 6) is -0.427. The molecule has 0 atom stereocenters. The Labute approximate surface area is 98.6 Å². The van der Waals surface area contributed by atoms with Gasteiger partial charge in [-0.1, -0.05) is 6.07 Å². The van der Waals surface area contributed by atoms with Crippen molar-refractivity contribution >= 4 is 25.7 Å². The Kier molecular flexibility index (Phi) is 3.93. The van der Waals surface area contributed by atoms with E-state index in [1.807, 2.05) is 0 Å². The zero-order chi connectivity index (χ0) is 12.3. The Hall–Kier alpha value is -1.07. The fourth-order valence-corrected chi connectivity index (χ4v) is 2.19. The Balaban J connectivity index is 3.14. The number of benzene rings is 1. The number of carbonyl (C=O) groups is 1. The molecule has 0 N–H and O–H groups in total. The summed E-state index contributed by atoms with van der Waals surface area (Å²) >= 11 is 0. The maximum absolute atomic E-state index is 11.1. The molecule has 1 rings (SSSR count). The average molecular weight is 263 g/mol. The number of hydrogen-bond acceptors (Lipinski definition) is 4. The SMILES string of the molecule is COC(=O)Cc1cc(C)cc(S(=O)(=O)Cl)c1. The first-order chi connectivity index (χ1) is 7.32. The van der Waals surface area contributed by atoms with E-state index in [2.05, 4.69) is 4.74 Å². The molecular formula is C10H11ClO4S. The van der Waals surface area contributed by atoms with Crippen LogP contribution < -0.4 is 0 Å². The van der Waals surface area contributed by atoms with Gasteiger partial charge in [0, 0.05) is 10.7 Å². The molecule has 0 saturated heterocycles. The summed E-state index contributed by atoms with van der Waals surface area (Å²) in [5.41, 5.74) is 1.28. The van der Waals surface area contributed by atoms with Crippen LogP contribution in [0.5, 0.6) is 0 Å². The van der Waals surface area contributed by atoms with Gasteiger partial charge in [0.15, 0.2) is 0 Å². The van der Waals surface area contributed by atoms with Gasteiger partial charge in [0.1, 0.15) is 0 Å². The van der Waals surface area contributed by atoms with E-state index in [4.69, 9.17) is 10.7 Å². The number of halogens is 1. The molecule has 0 aromatic heterocycles. The second kappa shape index (κ2) is 4.84. The van der Waals surface area contributed by atoms with Crippen molar-refractivity contribution in [2.45, 2.75) is 18.2 Å². The van der Waals surface area contributed by atoms with Crippen LogP contribution in [0.15, 0.2) is 23.1 Å². The molecule has 0 saturated carbocycles. The van der Waals surface area contributed by atoms with Gasteiger partial charge in [-0.15, -0.1) is 0 Å². The Morgan fingerprint density at radius 2 is 2.00 bits per heavy atom. The summed E-state index contributed by atoms with van der Waals surface area (Å²) in [4.78, 5) is 11.0. The lowest BCUT2D eigenvalue weighted by Crippen LogP contribution is -2.05. The van der Waals surface area contributed by atoms with Crippen molar-refractivity contribution in [1.29, 1.82) is 0 Å². The molecule has 0 fully saturated rings. The number of hydrogen-bond donors (Lipinski definition) is 0. The van der Waals surface area contributed by atoms with Crippen molar-refractivity contribution in [2.24, 2.45) is 0 Å². The number of carbonyl (C=O) groups excluding carboxylic acids is 1. The minimum Gasteiger partial charge on any atom is -0.469 e. The molecule has 6 heteroatoms. The zero-order valence-electron chi connectivity index (χ0n) is 8.86. The molecule has 0 bridgehead atoms. The van der Waals surface area contributed by atoms with Gasteiger partial charge in [-0.3, -0.25) is 4.79 Å². The highest BCUT2D eigenvalue weighted by Crippen LogP contribution is 2.19. The Bertz CT molecular complexity index is 508. The van der Waals surface area contributed by atoms with Crippen LogP contribution in [0.2, 0.25) is 0 Å². The molecule has 0 heterocycles. The number of ether oxygens (including phenoxy) is 1. The minimum atomic E-state index is -3.77. The van der Waals surface area contributed by atoms with Gasteiger partial charge in [0.2, 0.25) is 0 Å². The highest BCUT2D eigenvalue weighted by atomic mass is 35.7. The molecule has 88 valence electrons. The van der Waals surface area contributed by atoms with E-state index in [-0.39, 0.29) is 11.3 Å². The minimum absolute atomic E-state index is 0.00642. The predicted molar refractivity (Wildman–Crippen MR) is 59.9 cm³/mol. The Morgan fingerprint density at radius 1 is 1.38 bits per heavy atom. The van der Waals surface area contributed by atoms with Crippen molar-refractivity contribution < 1.29 is 17.9 Å². The van der Waals surface area contributed by atoms with Crippen molar-refractivity contribution in [3.8, 4) is 0 Å². The fourth-order valence-electron chi connectivity index (χ4n) is 1.31. The predicted octanol–water partition coefficient (Wildman–Crippen LogP) is 1.64. The normalized spacial score (nSPS) is 11.2. The van der Waals surface area contributed by atoms with Gasteiger partial charge < -0.3 is 4.74 Å². The lowest BCUT2D eigenvalue weighted by atomic mass is 10.1. The lowest BCUT2D eigenvalue weighted by Gasteiger charge is -2.04. The Morgan fingerprint density at radius 3 is 2.50 bits per heavy atom. The third-order valence-electron chi connectivity index (χ3n) is 1.97. The third-order valence-corrected chi connectivity index (χ3v) is 3.30. The van der Waals surface area contributed by atoms with Gasteiger partial charge in [-0.2, -0.15) is 0 Å². The molecule has 16 heavy (non-hydrogen) atoms.